The minimum Gasteiger partial charge on any atom is -0.0625 e. The maximum Gasteiger partial charge on any atom is -0.0238 e. The van der Waals surface area contributed by atoms with Crippen molar-refractivity contribution in [2.45, 2.75) is 93.4 Å². The summed E-state index contributed by atoms with van der Waals surface area (Å²) in [6.07, 6.45) is 10.7. The van der Waals surface area contributed by atoms with Gasteiger partial charge in [0.15, 0.2) is 0 Å². The van der Waals surface area contributed by atoms with E-state index in [1.54, 1.807) is 6.42 Å². The Morgan fingerprint density at radius 1 is 0.792 bits per heavy atom. The van der Waals surface area contributed by atoms with Crippen LogP contribution in [0.3, 0.4) is 0 Å². The average Bonchev–Trinajstić information content (AvgIpc) is 2.70. The van der Waals surface area contributed by atoms with Crippen LogP contribution in [0, 0.1) is 57.7 Å². The minimum absolute atomic E-state index is 0.543. The van der Waals surface area contributed by atoms with Crippen LogP contribution in [0.1, 0.15) is 93.4 Å². The van der Waals surface area contributed by atoms with Gasteiger partial charge in [-0.25, -0.2) is 0 Å². The van der Waals surface area contributed by atoms with Gasteiger partial charge in [0.2, 0.25) is 0 Å². The van der Waals surface area contributed by atoms with E-state index < -0.39 is 0 Å². The molecule has 9 atom stereocenters. The number of hydrogen-bond acceptors (Lipinski definition) is 0. The molecule has 0 heteroatoms. The van der Waals surface area contributed by atoms with Crippen molar-refractivity contribution >= 4 is 0 Å². The van der Waals surface area contributed by atoms with E-state index in [-0.39, 0.29) is 0 Å². The molecule has 0 spiro atoms. The van der Waals surface area contributed by atoms with E-state index in [9.17, 15) is 0 Å². The molecule has 4 aliphatic rings. The molecule has 4 aliphatic carbocycles. The van der Waals surface area contributed by atoms with E-state index in [1.807, 2.05) is 0 Å². The maximum absolute atomic E-state index is 2.72. The molecule has 138 valence electrons. The molecular formula is C24H42. The molecule has 0 radical (unpaired) electrons. The van der Waals surface area contributed by atoms with Crippen LogP contribution in [-0.2, 0) is 0 Å². The van der Waals surface area contributed by atoms with Crippen LogP contribution >= 0.6 is 0 Å². The summed E-state index contributed by atoms with van der Waals surface area (Å²) in [5.41, 5.74) is 1.80. The fraction of sp³-hybridized carbons (Fsp3) is 1.00. The zero-order valence-corrected chi connectivity index (χ0v) is 17.5. The fourth-order valence-corrected chi connectivity index (χ4v) is 8.75. The number of rotatable bonds is 0. The van der Waals surface area contributed by atoms with Crippen LogP contribution in [0.2, 0.25) is 0 Å². The largest absolute Gasteiger partial charge is 0.0625 e. The lowest BCUT2D eigenvalue weighted by atomic mass is 9.42. The molecule has 0 nitrogen and oxygen atoms in total. The maximum atomic E-state index is 2.72. The first-order valence-electron chi connectivity index (χ1n) is 11.1. The van der Waals surface area contributed by atoms with Crippen molar-refractivity contribution in [2.75, 3.05) is 0 Å². The van der Waals surface area contributed by atoms with Gasteiger partial charge in [0.05, 0.1) is 0 Å². The second-order valence-electron chi connectivity index (χ2n) is 12.0. The lowest BCUT2D eigenvalue weighted by Crippen LogP contribution is -2.55. The molecule has 5 unspecified atom stereocenters. The second kappa shape index (κ2) is 5.26. The highest BCUT2D eigenvalue weighted by molar-refractivity contribution is 5.13. The number of hydrogen-bond donors (Lipinski definition) is 0. The van der Waals surface area contributed by atoms with Gasteiger partial charge in [-0.3, -0.25) is 0 Å². The van der Waals surface area contributed by atoms with Crippen LogP contribution in [0.15, 0.2) is 0 Å². The number of fused-ring (bicyclic) bond motifs is 5. The minimum atomic E-state index is 0.543. The normalized spacial score (nSPS) is 59.4. The highest BCUT2D eigenvalue weighted by atomic mass is 14.7. The van der Waals surface area contributed by atoms with E-state index in [2.05, 4.69) is 48.5 Å². The highest BCUT2D eigenvalue weighted by Crippen LogP contribution is 2.72. The summed E-state index contributed by atoms with van der Waals surface area (Å²) < 4.78 is 0. The van der Waals surface area contributed by atoms with E-state index in [0.29, 0.717) is 16.2 Å². The Kier molecular flexibility index (Phi) is 3.82. The molecule has 0 saturated heterocycles. The van der Waals surface area contributed by atoms with E-state index in [0.717, 1.165) is 41.4 Å². The first-order valence-corrected chi connectivity index (χ1v) is 11.1. The van der Waals surface area contributed by atoms with Crippen molar-refractivity contribution in [2.24, 2.45) is 57.7 Å². The van der Waals surface area contributed by atoms with Gasteiger partial charge < -0.3 is 0 Å². The first kappa shape index (κ1) is 17.4. The third kappa shape index (κ3) is 2.10. The SMILES string of the molecule is CC1CC2C(CCC3C[C@@H](C)CC[C@@]32C)C2CC(C)(C)[C@H](C)[C@@]12C. The van der Waals surface area contributed by atoms with Crippen molar-refractivity contribution in [3.8, 4) is 0 Å². The summed E-state index contributed by atoms with van der Waals surface area (Å²) in [5, 5.41) is 0. The van der Waals surface area contributed by atoms with Gasteiger partial charge in [-0.15, -0.1) is 0 Å². The van der Waals surface area contributed by atoms with Crippen molar-refractivity contribution in [3.63, 3.8) is 0 Å². The smallest absolute Gasteiger partial charge is 0.0238 e. The molecule has 0 aromatic heterocycles. The molecule has 0 aliphatic heterocycles. The van der Waals surface area contributed by atoms with Crippen molar-refractivity contribution in [1.82, 2.24) is 0 Å². The zero-order valence-electron chi connectivity index (χ0n) is 17.5. The molecule has 4 saturated carbocycles. The molecule has 4 rings (SSSR count). The van der Waals surface area contributed by atoms with Crippen LogP contribution in [0.5, 0.6) is 0 Å². The third-order valence-corrected chi connectivity index (χ3v) is 10.8. The Bertz CT molecular complexity index is 504. The van der Waals surface area contributed by atoms with Gasteiger partial charge >= 0.3 is 0 Å². The molecule has 4 fully saturated rings. The zero-order chi connectivity index (χ0) is 17.5. The summed E-state index contributed by atoms with van der Waals surface area (Å²) in [4.78, 5) is 0. The van der Waals surface area contributed by atoms with Crippen LogP contribution in [0.4, 0.5) is 0 Å². The lowest BCUT2D eigenvalue weighted by molar-refractivity contribution is -0.138. The highest BCUT2D eigenvalue weighted by Gasteiger charge is 2.64. The first-order chi connectivity index (χ1) is 11.1. The molecule has 0 bridgehead atoms. The quantitative estimate of drug-likeness (QED) is 0.441. The predicted octanol–water partition coefficient (Wildman–Crippen LogP) is 7.18. The summed E-state index contributed by atoms with van der Waals surface area (Å²) in [5.74, 6) is 6.86. The summed E-state index contributed by atoms with van der Waals surface area (Å²) in [7, 11) is 0. The molecule has 24 heavy (non-hydrogen) atoms. The lowest BCUT2D eigenvalue weighted by Gasteiger charge is -2.62. The summed E-state index contributed by atoms with van der Waals surface area (Å²) in [6.45, 7) is 18.3. The van der Waals surface area contributed by atoms with Gasteiger partial charge in [-0.05, 0) is 96.2 Å². The Morgan fingerprint density at radius 2 is 1.50 bits per heavy atom. The van der Waals surface area contributed by atoms with Crippen LogP contribution in [-0.4, -0.2) is 0 Å². The topological polar surface area (TPSA) is 0 Å². The Morgan fingerprint density at radius 3 is 2.21 bits per heavy atom. The molecule has 0 aromatic rings. The van der Waals surface area contributed by atoms with Crippen LogP contribution in [0.25, 0.3) is 0 Å². The Balaban J connectivity index is 1.69. The van der Waals surface area contributed by atoms with Gasteiger partial charge in [-0.2, -0.15) is 0 Å². The van der Waals surface area contributed by atoms with E-state index in [1.165, 1.54) is 38.5 Å². The van der Waals surface area contributed by atoms with Gasteiger partial charge in [0.25, 0.3) is 0 Å². The van der Waals surface area contributed by atoms with Gasteiger partial charge in [0.1, 0.15) is 0 Å². The fourth-order valence-electron chi connectivity index (χ4n) is 8.75. The second-order valence-corrected chi connectivity index (χ2v) is 12.0. The average molecular weight is 331 g/mol. The standard InChI is InChI=1S/C24H42/c1-15-10-11-23(6)18(12-15)8-9-19-20(23)13-16(2)24(7)17(3)22(4,5)14-21(19)24/h15-21H,8-14H2,1-7H3/t15-,16?,17-,18?,19?,20?,21?,23-,24+/m0/s1. The summed E-state index contributed by atoms with van der Waals surface area (Å²) >= 11 is 0. The van der Waals surface area contributed by atoms with Crippen LogP contribution < -0.4 is 0 Å². The van der Waals surface area contributed by atoms with Gasteiger partial charge in [-0.1, -0.05) is 54.9 Å². The Labute approximate surface area is 151 Å². The summed E-state index contributed by atoms with van der Waals surface area (Å²) in [6, 6.07) is 0. The van der Waals surface area contributed by atoms with Crippen molar-refractivity contribution < 1.29 is 0 Å². The molecular weight excluding hydrogens is 288 g/mol. The Hall–Kier alpha value is 0. The monoisotopic (exact) mass is 330 g/mol. The van der Waals surface area contributed by atoms with E-state index >= 15 is 0 Å². The van der Waals surface area contributed by atoms with Crippen molar-refractivity contribution in [1.29, 1.82) is 0 Å². The van der Waals surface area contributed by atoms with Gasteiger partial charge in [0, 0.05) is 0 Å². The predicted molar refractivity (Wildman–Crippen MR) is 104 cm³/mol. The molecule has 0 amide bonds. The van der Waals surface area contributed by atoms with Crippen molar-refractivity contribution in [3.05, 3.63) is 0 Å². The third-order valence-electron chi connectivity index (χ3n) is 10.8. The van der Waals surface area contributed by atoms with E-state index in [4.69, 9.17) is 0 Å². The molecule has 0 aromatic carbocycles. The molecule has 0 heterocycles. The molecule has 0 N–H and O–H groups in total.